The predicted molar refractivity (Wildman–Crippen MR) is 112 cm³/mol. The van der Waals surface area contributed by atoms with Crippen LogP contribution in [0.5, 0.6) is 0 Å². The van der Waals surface area contributed by atoms with Crippen LogP contribution in [0, 0.1) is 5.92 Å². The molecule has 1 saturated heterocycles. The maximum absolute atomic E-state index is 12.9. The highest BCUT2D eigenvalue weighted by Crippen LogP contribution is 2.32. The molecule has 2 aromatic rings. The molecule has 0 unspecified atom stereocenters. The van der Waals surface area contributed by atoms with E-state index in [2.05, 4.69) is 12.2 Å². The first-order valence-corrected chi connectivity index (χ1v) is 10.3. The summed E-state index contributed by atoms with van der Waals surface area (Å²) in [6.07, 6.45) is 1.82. The fraction of sp³-hybridized carbons (Fsp3) is 0.455. The number of likely N-dealkylation sites (tertiary alicyclic amines) is 1. The van der Waals surface area contributed by atoms with Crippen molar-refractivity contribution >= 4 is 17.6 Å². The zero-order valence-electron chi connectivity index (χ0n) is 17.3. The molecule has 1 atom stereocenters. The number of carbonyl (C=O) groups excluding carboxylic acids is 2. The molecule has 0 aliphatic carbocycles. The van der Waals surface area contributed by atoms with Crippen molar-refractivity contribution in [3.8, 4) is 0 Å². The Hall–Kier alpha value is -3.16. The van der Waals surface area contributed by atoms with E-state index in [9.17, 15) is 19.2 Å². The number of rotatable bonds is 4. The zero-order valence-corrected chi connectivity index (χ0v) is 17.3. The smallest absolute Gasteiger partial charge is 0.332 e. The average Bonchev–Trinajstić information content (AvgIpc) is 3.06. The monoisotopic (exact) mass is 410 g/mol. The van der Waals surface area contributed by atoms with Gasteiger partial charge in [-0.1, -0.05) is 37.3 Å². The van der Waals surface area contributed by atoms with Crippen LogP contribution < -0.4 is 16.6 Å². The first kappa shape index (κ1) is 20.1. The number of hydrogen-bond donors (Lipinski definition) is 1. The van der Waals surface area contributed by atoms with Crippen molar-refractivity contribution in [3.05, 3.63) is 62.3 Å². The molecule has 1 fully saturated rings. The van der Waals surface area contributed by atoms with Gasteiger partial charge in [-0.15, -0.1) is 0 Å². The first-order valence-electron chi connectivity index (χ1n) is 10.3. The number of piperidine rings is 1. The molecule has 2 aliphatic heterocycles. The third kappa shape index (κ3) is 3.58. The summed E-state index contributed by atoms with van der Waals surface area (Å²) in [5.74, 6) is -0.620. The Morgan fingerprint density at radius 1 is 1.10 bits per heavy atom. The van der Waals surface area contributed by atoms with Crippen molar-refractivity contribution in [1.82, 2.24) is 14.0 Å². The van der Waals surface area contributed by atoms with Gasteiger partial charge < -0.3 is 10.2 Å². The van der Waals surface area contributed by atoms with E-state index >= 15 is 0 Å². The molecule has 1 aromatic heterocycles. The molecule has 0 spiro atoms. The number of hydrogen-bond acceptors (Lipinski definition) is 4. The molecule has 8 heteroatoms. The fourth-order valence-electron chi connectivity index (χ4n) is 4.24. The lowest BCUT2D eigenvalue weighted by Crippen LogP contribution is -2.41. The van der Waals surface area contributed by atoms with Crippen molar-refractivity contribution in [2.75, 3.05) is 18.4 Å². The molecule has 0 radical (unpaired) electrons. The minimum Gasteiger partial charge on any atom is -0.343 e. The van der Waals surface area contributed by atoms with Crippen LogP contribution in [-0.2, 0) is 23.2 Å². The summed E-state index contributed by atoms with van der Waals surface area (Å²) in [4.78, 5) is 53.0. The highest BCUT2D eigenvalue weighted by molar-refractivity contribution is 6.04. The van der Waals surface area contributed by atoms with Gasteiger partial charge in [0.2, 0.25) is 11.8 Å². The Morgan fingerprint density at radius 3 is 2.43 bits per heavy atom. The van der Waals surface area contributed by atoms with Gasteiger partial charge in [0.1, 0.15) is 5.82 Å². The van der Waals surface area contributed by atoms with Gasteiger partial charge in [0, 0.05) is 26.6 Å². The van der Waals surface area contributed by atoms with Crippen molar-refractivity contribution < 1.29 is 9.59 Å². The maximum Gasteiger partial charge on any atom is 0.332 e. The summed E-state index contributed by atoms with van der Waals surface area (Å²) >= 11 is 0. The summed E-state index contributed by atoms with van der Waals surface area (Å²) in [5, 5.41) is 2.70. The van der Waals surface area contributed by atoms with Gasteiger partial charge in [-0.2, -0.15) is 0 Å². The topological polar surface area (TPSA) is 93.4 Å². The summed E-state index contributed by atoms with van der Waals surface area (Å²) in [7, 11) is 1.40. The SMILES string of the molecule is CC1CCN(C(=O)C[C@@H]2C(=O)Nc3c2c(=O)n(C)c(=O)n3Cc2ccccc2)CC1. The number of amides is 2. The standard InChI is InChI=1S/C22H26N4O4/c1-14-8-10-25(11-9-14)17(27)12-16-18-19(23-20(16)28)26(22(30)24(2)21(18)29)13-15-6-4-3-5-7-15/h3-7,14,16H,8-13H2,1-2H3,(H,23,28)/t16-/m0/s1. The van der Waals surface area contributed by atoms with Gasteiger partial charge in [-0.25, -0.2) is 4.79 Å². The first-order chi connectivity index (χ1) is 14.4. The van der Waals surface area contributed by atoms with Crippen LogP contribution in [0.15, 0.2) is 39.9 Å². The van der Waals surface area contributed by atoms with Crippen LogP contribution in [0.2, 0.25) is 0 Å². The molecule has 0 saturated carbocycles. The summed E-state index contributed by atoms with van der Waals surface area (Å²) < 4.78 is 2.42. The lowest BCUT2D eigenvalue weighted by Gasteiger charge is -2.30. The minimum atomic E-state index is -0.881. The molecule has 8 nitrogen and oxygen atoms in total. The van der Waals surface area contributed by atoms with Gasteiger partial charge in [-0.3, -0.25) is 23.5 Å². The molecule has 4 rings (SSSR count). The van der Waals surface area contributed by atoms with Crippen molar-refractivity contribution in [1.29, 1.82) is 0 Å². The third-order valence-corrected chi connectivity index (χ3v) is 6.18. The second-order valence-corrected chi connectivity index (χ2v) is 8.29. The number of nitrogens with one attached hydrogen (secondary N) is 1. The molecule has 0 bridgehead atoms. The van der Waals surface area contributed by atoms with Gasteiger partial charge in [0.25, 0.3) is 5.56 Å². The van der Waals surface area contributed by atoms with Crippen molar-refractivity contribution in [2.24, 2.45) is 13.0 Å². The summed E-state index contributed by atoms with van der Waals surface area (Å²) in [6, 6.07) is 9.35. The second kappa shape index (κ2) is 7.93. The van der Waals surface area contributed by atoms with Gasteiger partial charge in [-0.05, 0) is 24.3 Å². The quantitative estimate of drug-likeness (QED) is 0.822. The maximum atomic E-state index is 12.9. The number of benzene rings is 1. The number of fused-ring (bicyclic) bond motifs is 1. The van der Waals surface area contributed by atoms with E-state index < -0.39 is 23.1 Å². The van der Waals surface area contributed by atoms with Crippen molar-refractivity contribution in [3.63, 3.8) is 0 Å². The van der Waals surface area contributed by atoms with Gasteiger partial charge in [0.15, 0.2) is 0 Å². The highest BCUT2D eigenvalue weighted by atomic mass is 16.2. The van der Waals surface area contributed by atoms with Gasteiger partial charge >= 0.3 is 5.69 Å². The van der Waals surface area contributed by atoms with Crippen LogP contribution in [-0.4, -0.2) is 38.9 Å². The fourth-order valence-corrected chi connectivity index (χ4v) is 4.24. The molecule has 2 amide bonds. The molecule has 3 heterocycles. The molecular weight excluding hydrogens is 384 g/mol. The molecule has 158 valence electrons. The average molecular weight is 410 g/mol. The lowest BCUT2D eigenvalue weighted by molar-refractivity contribution is -0.134. The van der Waals surface area contributed by atoms with Crippen LogP contribution in [0.4, 0.5) is 5.82 Å². The number of aromatic nitrogens is 2. The normalized spacial score (nSPS) is 18.9. The molecule has 1 N–H and O–H groups in total. The third-order valence-electron chi connectivity index (χ3n) is 6.18. The lowest BCUT2D eigenvalue weighted by atomic mass is 9.96. The van der Waals surface area contributed by atoms with Gasteiger partial charge in [0.05, 0.1) is 18.0 Å². The summed E-state index contributed by atoms with van der Waals surface area (Å²) in [5.41, 5.74) is 0.0519. The number of anilines is 1. The largest absolute Gasteiger partial charge is 0.343 e. The zero-order chi connectivity index (χ0) is 21.4. The number of carbonyl (C=O) groups is 2. The molecular formula is C22H26N4O4. The summed E-state index contributed by atoms with van der Waals surface area (Å²) in [6.45, 7) is 3.73. The number of nitrogens with zero attached hydrogens (tertiary/aromatic N) is 3. The Balaban J connectivity index is 1.68. The minimum absolute atomic E-state index is 0.0635. The van der Waals surface area contributed by atoms with E-state index in [4.69, 9.17) is 0 Å². The van der Waals surface area contributed by atoms with E-state index in [1.54, 1.807) is 4.90 Å². The Morgan fingerprint density at radius 2 is 1.77 bits per heavy atom. The van der Waals surface area contributed by atoms with E-state index in [0.29, 0.717) is 19.0 Å². The van der Waals surface area contributed by atoms with E-state index in [-0.39, 0.29) is 30.3 Å². The predicted octanol–water partition coefficient (Wildman–Crippen LogP) is 1.28. The Labute approximate surface area is 174 Å². The van der Waals surface area contributed by atoms with Crippen molar-refractivity contribution in [2.45, 2.75) is 38.6 Å². The molecule has 1 aromatic carbocycles. The van der Waals surface area contributed by atoms with Crippen LogP contribution in [0.1, 0.15) is 43.2 Å². The Kier molecular flexibility index (Phi) is 5.32. The molecule has 2 aliphatic rings. The molecule has 30 heavy (non-hydrogen) atoms. The van der Waals surface area contributed by atoms with E-state index in [0.717, 1.165) is 23.0 Å². The van der Waals surface area contributed by atoms with E-state index in [1.807, 2.05) is 30.3 Å². The van der Waals surface area contributed by atoms with Crippen LogP contribution >= 0.6 is 0 Å². The van der Waals surface area contributed by atoms with Crippen LogP contribution in [0.3, 0.4) is 0 Å². The Bertz CT molecular complexity index is 1090. The van der Waals surface area contributed by atoms with Crippen LogP contribution in [0.25, 0.3) is 0 Å². The second-order valence-electron chi connectivity index (χ2n) is 8.29. The van der Waals surface area contributed by atoms with E-state index in [1.165, 1.54) is 11.6 Å². The highest BCUT2D eigenvalue weighted by Gasteiger charge is 2.39.